The van der Waals surface area contributed by atoms with Crippen molar-refractivity contribution in [2.45, 2.75) is 0 Å². The molecule has 0 atom stereocenters. The molecule has 0 aliphatic heterocycles. The number of rotatable bonds is 5. The Morgan fingerprint density at radius 3 is 2.50 bits per heavy atom. The minimum atomic E-state index is 0.336. The van der Waals surface area contributed by atoms with Crippen molar-refractivity contribution < 1.29 is 9.47 Å². The van der Waals surface area contributed by atoms with Crippen LogP contribution in [0.15, 0.2) is 29.4 Å². The molecule has 74 valence electrons. The molecule has 0 bridgehead atoms. The normalized spacial score (nSPS) is 8.93. The Morgan fingerprint density at radius 2 is 1.93 bits per heavy atom. The van der Waals surface area contributed by atoms with Crippen molar-refractivity contribution in [2.24, 2.45) is 5.11 Å². The van der Waals surface area contributed by atoms with Gasteiger partial charge in [0.05, 0.1) is 20.3 Å². The highest BCUT2D eigenvalue weighted by Gasteiger charge is 1.93. The molecule has 0 saturated carbocycles. The molecule has 0 aliphatic carbocycles. The molecular weight excluding hydrogens is 182 g/mol. The molecule has 0 amide bonds. The summed E-state index contributed by atoms with van der Waals surface area (Å²) >= 11 is 0. The summed E-state index contributed by atoms with van der Waals surface area (Å²) in [7, 11) is 1.61. The van der Waals surface area contributed by atoms with Gasteiger partial charge in [0.25, 0.3) is 0 Å². The van der Waals surface area contributed by atoms with Crippen LogP contribution in [0.5, 0.6) is 11.5 Å². The number of ether oxygens (including phenoxy) is 2. The number of benzene rings is 1. The van der Waals surface area contributed by atoms with Crippen LogP contribution in [0.3, 0.4) is 0 Å². The zero-order chi connectivity index (χ0) is 10.2. The van der Waals surface area contributed by atoms with Crippen LogP contribution in [0.25, 0.3) is 10.4 Å². The van der Waals surface area contributed by atoms with E-state index in [4.69, 9.17) is 15.0 Å². The predicted molar refractivity (Wildman–Crippen MR) is 52.5 cm³/mol. The third-order valence-electron chi connectivity index (χ3n) is 1.58. The summed E-state index contributed by atoms with van der Waals surface area (Å²) in [5.74, 6) is 1.52. The maximum absolute atomic E-state index is 8.02. The molecule has 1 aromatic carbocycles. The van der Waals surface area contributed by atoms with Crippen molar-refractivity contribution >= 4 is 0 Å². The minimum Gasteiger partial charge on any atom is -0.497 e. The minimum absolute atomic E-state index is 0.336. The summed E-state index contributed by atoms with van der Waals surface area (Å²) in [5.41, 5.74) is 8.02. The van der Waals surface area contributed by atoms with Crippen LogP contribution in [0.2, 0.25) is 0 Å². The largest absolute Gasteiger partial charge is 0.497 e. The van der Waals surface area contributed by atoms with Gasteiger partial charge in [0.2, 0.25) is 0 Å². The summed E-state index contributed by atoms with van der Waals surface area (Å²) < 4.78 is 10.3. The van der Waals surface area contributed by atoms with Crippen molar-refractivity contribution in [3.8, 4) is 11.5 Å². The third kappa shape index (κ3) is 3.25. The van der Waals surface area contributed by atoms with Crippen molar-refractivity contribution in [3.63, 3.8) is 0 Å². The van der Waals surface area contributed by atoms with Crippen molar-refractivity contribution in [1.82, 2.24) is 0 Å². The van der Waals surface area contributed by atoms with E-state index in [1.54, 1.807) is 19.2 Å². The second-order valence-corrected chi connectivity index (χ2v) is 2.48. The summed E-state index contributed by atoms with van der Waals surface area (Å²) in [5, 5.41) is 3.35. The van der Waals surface area contributed by atoms with Gasteiger partial charge in [-0.2, -0.15) is 0 Å². The van der Waals surface area contributed by atoms with Gasteiger partial charge < -0.3 is 9.47 Å². The Kier molecular flexibility index (Phi) is 4.17. The molecule has 0 radical (unpaired) electrons. The van der Waals surface area contributed by atoms with Gasteiger partial charge >= 0.3 is 0 Å². The van der Waals surface area contributed by atoms with E-state index in [2.05, 4.69) is 10.0 Å². The Hall–Kier alpha value is -1.87. The van der Waals surface area contributed by atoms with Crippen LogP contribution < -0.4 is 9.47 Å². The van der Waals surface area contributed by atoms with Crippen molar-refractivity contribution in [1.29, 1.82) is 0 Å². The highest BCUT2D eigenvalue weighted by molar-refractivity contribution is 5.31. The first-order valence-electron chi connectivity index (χ1n) is 4.14. The number of methoxy groups -OCH3 is 1. The van der Waals surface area contributed by atoms with E-state index in [9.17, 15) is 0 Å². The molecule has 0 N–H and O–H groups in total. The van der Waals surface area contributed by atoms with Gasteiger partial charge in [0, 0.05) is 4.91 Å². The molecular formula is C9H11N3O2. The fourth-order valence-corrected chi connectivity index (χ4v) is 0.921. The van der Waals surface area contributed by atoms with Crippen molar-refractivity contribution in [2.75, 3.05) is 20.3 Å². The lowest BCUT2D eigenvalue weighted by Gasteiger charge is -2.04. The second-order valence-electron chi connectivity index (χ2n) is 2.48. The number of hydrogen-bond acceptors (Lipinski definition) is 3. The standard InChI is InChI=1S/C9H11N3O2/c1-13-8-2-4-9(5-3-8)14-7-6-11-12-10/h2-5H,6-7H2,1H3. The fourth-order valence-electron chi connectivity index (χ4n) is 0.921. The Morgan fingerprint density at radius 1 is 1.29 bits per heavy atom. The first-order chi connectivity index (χ1) is 6.86. The van der Waals surface area contributed by atoms with Crippen LogP contribution in [0.1, 0.15) is 0 Å². The van der Waals surface area contributed by atoms with Gasteiger partial charge in [0.15, 0.2) is 0 Å². The first kappa shape index (κ1) is 10.2. The average Bonchev–Trinajstić information content (AvgIpc) is 2.25. The SMILES string of the molecule is COc1ccc(OCCN=[N+]=[N-])cc1. The van der Waals surface area contributed by atoms with Gasteiger partial charge in [-0.1, -0.05) is 5.11 Å². The lowest BCUT2D eigenvalue weighted by Crippen LogP contribution is -1.99. The van der Waals surface area contributed by atoms with Crippen LogP contribution in [-0.2, 0) is 0 Å². The van der Waals surface area contributed by atoms with E-state index < -0.39 is 0 Å². The quantitative estimate of drug-likeness (QED) is 0.312. The molecule has 0 unspecified atom stereocenters. The van der Waals surface area contributed by atoms with Crippen LogP contribution in [0, 0.1) is 0 Å². The molecule has 0 aromatic heterocycles. The van der Waals surface area contributed by atoms with Gasteiger partial charge in [0.1, 0.15) is 11.5 Å². The van der Waals surface area contributed by atoms with E-state index in [1.807, 2.05) is 12.1 Å². The van der Waals surface area contributed by atoms with E-state index in [-0.39, 0.29) is 0 Å². The van der Waals surface area contributed by atoms with E-state index in [1.165, 1.54) is 0 Å². The Labute approximate surface area is 81.9 Å². The fraction of sp³-hybridized carbons (Fsp3) is 0.333. The van der Waals surface area contributed by atoms with E-state index in [0.717, 1.165) is 11.5 Å². The highest BCUT2D eigenvalue weighted by atomic mass is 16.5. The Bertz CT molecular complexity index is 317. The van der Waals surface area contributed by atoms with Crippen LogP contribution in [-0.4, -0.2) is 20.3 Å². The number of hydrogen-bond donors (Lipinski definition) is 0. The van der Waals surface area contributed by atoms with Crippen LogP contribution in [0.4, 0.5) is 0 Å². The lowest BCUT2D eigenvalue weighted by molar-refractivity contribution is 0.327. The summed E-state index contributed by atoms with van der Waals surface area (Å²) in [6, 6.07) is 7.22. The third-order valence-corrected chi connectivity index (χ3v) is 1.58. The Balaban J connectivity index is 2.39. The lowest BCUT2D eigenvalue weighted by atomic mass is 10.3. The first-order valence-corrected chi connectivity index (χ1v) is 4.14. The van der Waals surface area contributed by atoms with Gasteiger partial charge in [-0.05, 0) is 29.8 Å². The molecule has 5 nitrogen and oxygen atoms in total. The van der Waals surface area contributed by atoms with Crippen LogP contribution >= 0.6 is 0 Å². The summed E-state index contributed by atoms with van der Waals surface area (Å²) in [6.07, 6.45) is 0. The zero-order valence-corrected chi connectivity index (χ0v) is 7.88. The molecule has 14 heavy (non-hydrogen) atoms. The molecule has 1 rings (SSSR count). The number of azide groups is 1. The van der Waals surface area contributed by atoms with Gasteiger partial charge in [-0.25, -0.2) is 0 Å². The molecule has 1 aromatic rings. The highest BCUT2D eigenvalue weighted by Crippen LogP contribution is 2.16. The van der Waals surface area contributed by atoms with E-state index >= 15 is 0 Å². The molecule has 0 spiro atoms. The molecule has 0 heterocycles. The monoisotopic (exact) mass is 193 g/mol. The average molecular weight is 193 g/mol. The summed E-state index contributed by atoms with van der Waals surface area (Å²) in [4.78, 5) is 2.62. The topological polar surface area (TPSA) is 67.2 Å². The maximum atomic E-state index is 8.02. The van der Waals surface area contributed by atoms with E-state index in [0.29, 0.717) is 13.2 Å². The molecule has 0 saturated heterocycles. The summed E-state index contributed by atoms with van der Waals surface area (Å²) in [6.45, 7) is 0.721. The molecule has 0 fully saturated rings. The van der Waals surface area contributed by atoms with Gasteiger partial charge in [-0.3, -0.25) is 0 Å². The number of nitrogens with zero attached hydrogens (tertiary/aromatic N) is 3. The maximum Gasteiger partial charge on any atom is 0.119 e. The zero-order valence-electron chi connectivity index (χ0n) is 7.88. The molecule has 0 aliphatic rings. The van der Waals surface area contributed by atoms with Crippen molar-refractivity contribution in [3.05, 3.63) is 34.7 Å². The molecule has 5 heteroatoms. The van der Waals surface area contributed by atoms with Gasteiger partial charge in [-0.15, -0.1) is 0 Å². The second kappa shape index (κ2) is 5.72. The predicted octanol–water partition coefficient (Wildman–Crippen LogP) is 2.38. The smallest absolute Gasteiger partial charge is 0.119 e.